The highest BCUT2D eigenvalue weighted by Crippen LogP contribution is 2.44. The van der Waals surface area contributed by atoms with E-state index >= 15 is 0 Å². The zero-order chi connectivity index (χ0) is 24.1. The highest BCUT2D eigenvalue weighted by atomic mass is 16.5. The lowest BCUT2D eigenvalue weighted by Gasteiger charge is -2.14. The first-order chi connectivity index (χ1) is 16.4. The van der Waals surface area contributed by atoms with Gasteiger partial charge in [-0.05, 0) is 40.5 Å². The predicted molar refractivity (Wildman–Crippen MR) is 126 cm³/mol. The van der Waals surface area contributed by atoms with Gasteiger partial charge < -0.3 is 25.6 Å². The van der Waals surface area contributed by atoms with Crippen LogP contribution >= 0.6 is 0 Å². The molecule has 0 spiro atoms. The van der Waals surface area contributed by atoms with Crippen molar-refractivity contribution in [2.75, 3.05) is 18.5 Å². The Kier molecular flexibility index (Phi) is 6.59. The van der Waals surface area contributed by atoms with Crippen LogP contribution in [0.1, 0.15) is 27.4 Å². The SMILES string of the molecule is O=C(/C=C/CNC(=O)OCC1c2ccccc2-c2ccccc21)Nc1ccc(O)cc1C(=O)O. The molecule has 3 aromatic rings. The summed E-state index contributed by atoms with van der Waals surface area (Å²) in [6.45, 7) is 0.230. The van der Waals surface area contributed by atoms with E-state index in [2.05, 4.69) is 22.8 Å². The molecule has 1 aliphatic rings. The molecule has 0 bridgehead atoms. The third-order valence-electron chi connectivity index (χ3n) is 5.47. The molecule has 0 atom stereocenters. The molecular formula is C26H22N2O6. The highest BCUT2D eigenvalue weighted by Gasteiger charge is 2.28. The molecule has 0 aromatic heterocycles. The van der Waals surface area contributed by atoms with Crippen molar-refractivity contribution in [1.82, 2.24) is 5.32 Å². The van der Waals surface area contributed by atoms with Gasteiger partial charge in [0.2, 0.25) is 5.91 Å². The number of hydrogen-bond acceptors (Lipinski definition) is 5. The summed E-state index contributed by atoms with van der Waals surface area (Å²) in [7, 11) is 0. The number of ether oxygens (including phenoxy) is 1. The Morgan fingerprint density at radius 2 is 1.59 bits per heavy atom. The van der Waals surface area contributed by atoms with Crippen LogP contribution in [0, 0.1) is 0 Å². The number of carboxylic acids is 1. The summed E-state index contributed by atoms with van der Waals surface area (Å²) in [6, 6.07) is 19.7. The van der Waals surface area contributed by atoms with Gasteiger partial charge in [0.05, 0.1) is 11.3 Å². The van der Waals surface area contributed by atoms with Crippen LogP contribution in [0.3, 0.4) is 0 Å². The number of rotatable bonds is 7. The van der Waals surface area contributed by atoms with E-state index in [1.165, 1.54) is 24.3 Å². The van der Waals surface area contributed by atoms with Crippen LogP contribution in [0.15, 0.2) is 78.9 Å². The summed E-state index contributed by atoms with van der Waals surface area (Å²) < 4.78 is 5.42. The van der Waals surface area contributed by atoms with Gasteiger partial charge in [-0.15, -0.1) is 0 Å². The zero-order valence-electron chi connectivity index (χ0n) is 18.0. The summed E-state index contributed by atoms with van der Waals surface area (Å²) in [5, 5.41) is 23.6. The maximum atomic E-state index is 12.2. The summed E-state index contributed by atoms with van der Waals surface area (Å²) in [5.74, 6) is -2.14. The zero-order valence-corrected chi connectivity index (χ0v) is 18.0. The van der Waals surface area contributed by atoms with Crippen molar-refractivity contribution in [2.45, 2.75) is 5.92 Å². The minimum absolute atomic E-state index is 0.0458. The van der Waals surface area contributed by atoms with Gasteiger partial charge >= 0.3 is 12.1 Å². The number of fused-ring (bicyclic) bond motifs is 3. The molecule has 0 radical (unpaired) electrons. The number of carbonyl (C=O) groups is 3. The fraction of sp³-hybridized carbons (Fsp3) is 0.115. The summed E-state index contributed by atoms with van der Waals surface area (Å²) in [4.78, 5) is 35.4. The number of benzene rings is 3. The molecule has 8 nitrogen and oxygen atoms in total. The van der Waals surface area contributed by atoms with E-state index in [0.29, 0.717) is 0 Å². The largest absolute Gasteiger partial charge is 0.508 e. The number of phenolic OH excluding ortho intramolecular Hbond substituents is 1. The van der Waals surface area contributed by atoms with Gasteiger partial charge in [0.25, 0.3) is 0 Å². The molecule has 34 heavy (non-hydrogen) atoms. The first-order valence-electron chi connectivity index (χ1n) is 10.6. The van der Waals surface area contributed by atoms with E-state index < -0.39 is 18.0 Å². The van der Waals surface area contributed by atoms with Gasteiger partial charge in [-0.2, -0.15) is 0 Å². The van der Waals surface area contributed by atoms with E-state index in [1.807, 2.05) is 36.4 Å². The van der Waals surface area contributed by atoms with Crippen molar-refractivity contribution in [1.29, 1.82) is 0 Å². The maximum absolute atomic E-state index is 12.2. The number of aromatic carboxylic acids is 1. The van der Waals surface area contributed by atoms with Gasteiger partial charge in [0, 0.05) is 18.5 Å². The molecule has 0 heterocycles. The van der Waals surface area contributed by atoms with Crippen LogP contribution in [-0.2, 0) is 9.53 Å². The third kappa shape index (κ3) is 4.91. The van der Waals surface area contributed by atoms with E-state index in [4.69, 9.17) is 4.74 Å². The molecular weight excluding hydrogens is 436 g/mol. The second-order valence-electron chi connectivity index (χ2n) is 7.63. The van der Waals surface area contributed by atoms with Crippen LogP contribution in [0.4, 0.5) is 10.5 Å². The second kappa shape index (κ2) is 9.91. The van der Waals surface area contributed by atoms with Gasteiger partial charge in [-0.1, -0.05) is 54.6 Å². The average Bonchev–Trinajstić information content (AvgIpc) is 3.15. The van der Waals surface area contributed by atoms with Crippen LogP contribution in [0.2, 0.25) is 0 Å². The van der Waals surface area contributed by atoms with Crippen molar-refractivity contribution in [3.63, 3.8) is 0 Å². The van der Waals surface area contributed by atoms with E-state index in [9.17, 15) is 24.6 Å². The summed E-state index contributed by atoms with van der Waals surface area (Å²) in [5.41, 5.74) is 4.32. The van der Waals surface area contributed by atoms with Crippen LogP contribution in [-0.4, -0.2) is 41.3 Å². The quantitative estimate of drug-likeness (QED) is 0.312. The number of carbonyl (C=O) groups excluding carboxylic acids is 2. The Hall–Kier alpha value is -4.59. The van der Waals surface area contributed by atoms with Crippen LogP contribution in [0.25, 0.3) is 11.1 Å². The second-order valence-corrected chi connectivity index (χ2v) is 7.63. The molecule has 8 heteroatoms. The van der Waals surface area contributed by atoms with E-state index in [1.54, 1.807) is 0 Å². The monoisotopic (exact) mass is 458 g/mol. The number of hydrogen-bond donors (Lipinski definition) is 4. The average molecular weight is 458 g/mol. The fourth-order valence-corrected chi connectivity index (χ4v) is 3.95. The number of phenols is 1. The van der Waals surface area contributed by atoms with Crippen molar-refractivity contribution >= 4 is 23.7 Å². The number of carboxylic acid groups (broad SMARTS) is 1. The van der Waals surface area contributed by atoms with Crippen molar-refractivity contribution in [3.8, 4) is 16.9 Å². The van der Waals surface area contributed by atoms with Crippen molar-refractivity contribution < 1.29 is 29.3 Å². The molecule has 1 aliphatic carbocycles. The van der Waals surface area contributed by atoms with E-state index in [0.717, 1.165) is 28.3 Å². The lowest BCUT2D eigenvalue weighted by molar-refractivity contribution is -0.111. The fourth-order valence-electron chi connectivity index (χ4n) is 3.95. The normalized spacial score (nSPS) is 12.1. The van der Waals surface area contributed by atoms with Gasteiger partial charge in [-0.3, -0.25) is 4.79 Å². The van der Waals surface area contributed by atoms with Crippen LogP contribution < -0.4 is 10.6 Å². The number of aromatic hydroxyl groups is 1. The molecule has 172 valence electrons. The standard InChI is InChI=1S/C26H22N2O6/c29-16-11-12-23(21(14-16)25(31)32)28-24(30)10-5-13-27-26(33)34-15-22-19-8-3-1-6-17(19)18-7-2-4-9-20(18)22/h1-12,14,22,29H,13,15H2,(H,27,33)(H,28,30)(H,31,32)/b10-5+. The van der Waals surface area contributed by atoms with Crippen molar-refractivity contribution in [2.24, 2.45) is 0 Å². The van der Waals surface area contributed by atoms with Gasteiger partial charge in [-0.25, -0.2) is 9.59 Å². The number of anilines is 1. The molecule has 3 aromatic carbocycles. The summed E-state index contributed by atoms with van der Waals surface area (Å²) >= 11 is 0. The predicted octanol–water partition coefficient (Wildman–Crippen LogP) is 4.12. The smallest absolute Gasteiger partial charge is 0.407 e. The molecule has 0 saturated carbocycles. The molecule has 4 N–H and O–H groups in total. The minimum atomic E-state index is -1.29. The highest BCUT2D eigenvalue weighted by molar-refractivity contribution is 6.04. The topological polar surface area (TPSA) is 125 Å². The summed E-state index contributed by atoms with van der Waals surface area (Å²) in [6.07, 6.45) is 1.97. The third-order valence-corrected chi connectivity index (χ3v) is 5.47. The number of alkyl carbamates (subject to hydrolysis) is 1. The Morgan fingerprint density at radius 3 is 2.24 bits per heavy atom. The maximum Gasteiger partial charge on any atom is 0.407 e. The first kappa shape index (κ1) is 22.6. The minimum Gasteiger partial charge on any atom is -0.508 e. The number of nitrogens with one attached hydrogen (secondary N) is 2. The van der Waals surface area contributed by atoms with Gasteiger partial charge in [0.1, 0.15) is 12.4 Å². The van der Waals surface area contributed by atoms with Crippen LogP contribution in [0.5, 0.6) is 5.75 Å². The van der Waals surface area contributed by atoms with Gasteiger partial charge in [0.15, 0.2) is 0 Å². The Balaban J connectivity index is 1.28. The Labute approximate surface area is 195 Å². The number of amides is 2. The van der Waals surface area contributed by atoms with E-state index in [-0.39, 0.29) is 36.1 Å². The molecule has 0 saturated heterocycles. The first-order valence-corrected chi connectivity index (χ1v) is 10.6. The lowest BCUT2D eigenvalue weighted by atomic mass is 9.98. The lowest BCUT2D eigenvalue weighted by Crippen LogP contribution is -2.26. The molecule has 2 amide bonds. The molecule has 0 unspecified atom stereocenters. The molecule has 4 rings (SSSR count). The Bertz CT molecular complexity index is 1240. The molecule has 0 aliphatic heterocycles. The van der Waals surface area contributed by atoms with Crippen molar-refractivity contribution in [3.05, 3.63) is 95.6 Å². The Morgan fingerprint density at radius 1 is 0.941 bits per heavy atom. The molecule has 0 fully saturated rings.